The minimum absolute atomic E-state index is 0.118. The minimum Gasteiger partial charge on any atom is -0.467 e. The molecule has 1 saturated heterocycles. The first kappa shape index (κ1) is 13.8. The van der Waals surface area contributed by atoms with Crippen LogP contribution in [-0.4, -0.2) is 73.5 Å². The van der Waals surface area contributed by atoms with Crippen molar-refractivity contribution in [3.05, 3.63) is 0 Å². The number of anilines is 1. The summed E-state index contributed by atoms with van der Waals surface area (Å²) in [6.07, 6.45) is 0.118. The number of methoxy groups -OCH3 is 2. The molecule has 1 fully saturated rings. The lowest BCUT2D eigenvalue weighted by atomic mass is 10.3. The van der Waals surface area contributed by atoms with Crippen LogP contribution in [0.3, 0.4) is 0 Å². The number of morpholine rings is 1. The molecule has 0 aliphatic carbocycles. The molecule has 0 amide bonds. The zero-order valence-corrected chi connectivity index (χ0v) is 11.4. The first-order valence-corrected chi connectivity index (χ1v) is 6.09. The fourth-order valence-electron chi connectivity index (χ4n) is 1.80. The molecule has 1 N–H and O–H groups in total. The summed E-state index contributed by atoms with van der Waals surface area (Å²) in [5, 5.41) is 3.11. The number of likely N-dealkylation sites (N-methyl/N-ethyl adjacent to an activating group) is 1. The van der Waals surface area contributed by atoms with Crippen molar-refractivity contribution in [1.82, 2.24) is 19.9 Å². The molecule has 8 heteroatoms. The lowest BCUT2D eigenvalue weighted by Crippen LogP contribution is -2.43. The number of hydrogen-bond donors (Lipinski definition) is 1. The average molecular weight is 269 g/mol. The molecule has 19 heavy (non-hydrogen) atoms. The van der Waals surface area contributed by atoms with Gasteiger partial charge in [-0.1, -0.05) is 0 Å². The molecule has 1 aromatic rings. The normalized spacial score (nSPS) is 20.1. The van der Waals surface area contributed by atoms with Crippen LogP contribution in [0.25, 0.3) is 0 Å². The van der Waals surface area contributed by atoms with Gasteiger partial charge < -0.3 is 24.4 Å². The Hall–Kier alpha value is -1.67. The van der Waals surface area contributed by atoms with Crippen LogP contribution in [0.4, 0.5) is 5.95 Å². The topological polar surface area (TPSA) is 81.6 Å². The van der Waals surface area contributed by atoms with Gasteiger partial charge in [-0.2, -0.15) is 9.97 Å². The predicted octanol–water partition coefficient (Wildman–Crippen LogP) is -0.369. The maximum atomic E-state index is 5.65. The van der Waals surface area contributed by atoms with E-state index in [4.69, 9.17) is 14.2 Å². The Balaban J connectivity index is 1.94. The zero-order chi connectivity index (χ0) is 13.7. The van der Waals surface area contributed by atoms with Gasteiger partial charge in [-0.3, -0.25) is 0 Å². The maximum Gasteiger partial charge on any atom is 0.324 e. The van der Waals surface area contributed by atoms with E-state index in [1.165, 1.54) is 14.2 Å². The van der Waals surface area contributed by atoms with Crippen molar-refractivity contribution in [1.29, 1.82) is 0 Å². The van der Waals surface area contributed by atoms with E-state index in [-0.39, 0.29) is 18.1 Å². The van der Waals surface area contributed by atoms with Crippen molar-refractivity contribution in [2.24, 2.45) is 0 Å². The van der Waals surface area contributed by atoms with Crippen molar-refractivity contribution in [2.75, 3.05) is 52.8 Å². The van der Waals surface area contributed by atoms with Crippen LogP contribution in [-0.2, 0) is 4.74 Å². The molecule has 0 spiro atoms. The molecule has 2 rings (SSSR count). The predicted molar refractivity (Wildman–Crippen MR) is 68.7 cm³/mol. The number of nitrogens with zero attached hydrogens (tertiary/aromatic N) is 4. The standard InChI is InChI=1S/C11H19N5O3/c1-16-4-5-19-8(7-16)6-12-9-13-10(17-2)15-11(14-9)18-3/h8H,4-7H2,1-3H3,(H,12,13,14,15). The summed E-state index contributed by atoms with van der Waals surface area (Å²) >= 11 is 0. The molecule has 1 aliphatic rings. The summed E-state index contributed by atoms with van der Waals surface area (Å²) in [6, 6.07) is 0.437. The van der Waals surface area contributed by atoms with E-state index < -0.39 is 0 Å². The third-order valence-corrected chi connectivity index (χ3v) is 2.79. The highest BCUT2D eigenvalue weighted by molar-refractivity contribution is 5.27. The Labute approximate surface area is 112 Å². The molecule has 106 valence electrons. The van der Waals surface area contributed by atoms with Gasteiger partial charge >= 0.3 is 12.0 Å². The van der Waals surface area contributed by atoms with Gasteiger partial charge in [-0.15, -0.1) is 4.98 Å². The van der Waals surface area contributed by atoms with Crippen LogP contribution in [0.5, 0.6) is 12.0 Å². The Morgan fingerprint density at radius 1 is 1.26 bits per heavy atom. The quantitative estimate of drug-likeness (QED) is 0.775. The van der Waals surface area contributed by atoms with Gasteiger partial charge in [-0.05, 0) is 7.05 Å². The van der Waals surface area contributed by atoms with E-state index >= 15 is 0 Å². The van der Waals surface area contributed by atoms with Gasteiger partial charge in [0.25, 0.3) is 0 Å². The highest BCUT2D eigenvalue weighted by Crippen LogP contribution is 2.12. The number of rotatable bonds is 5. The van der Waals surface area contributed by atoms with E-state index in [0.717, 1.165) is 19.7 Å². The largest absolute Gasteiger partial charge is 0.467 e. The molecule has 1 atom stereocenters. The summed E-state index contributed by atoms with van der Waals surface area (Å²) < 4.78 is 15.6. The molecular formula is C11H19N5O3. The molecule has 0 saturated carbocycles. The monoisotopic (exact) mass is 269 g/mol. The summed E-state index contributed by atoms with van der Waals surface area (Å²) in [5.41, 5.74) is 0. The highest BCUT2D eigenvalue weighted by Gasteiger charge is 2.18. The van der Waals surface area contributed by atoms with Gasteiger partial charge in [0.15, 0.2) is 0 Å². The molecule has 1 aliphatic heterocycles. The van der Waals surface area contributed by atoms with Crippen molar-refractivity contribution >= 4 is 5.95 Å². The van der Waals surface area contributed by atoms with Crippen molar-refractivity contribution in [3.63, 3.8) is 0 Å². The second-order valence-corrected chi connectivity index (χ2v) is 4.27. The SMILES string of the molecule is COc1nc(NCC2CN(C)CCO2)nc(OC)n1. The number of hydrogen-bond acceptors (Lipinski definition) is 8. The third kappa shape index (κ3) is 3.90. The van der Waals surface area contributed by atoms with Crippen molar-refractivity contribution in [2.45, 2.75) is 6.10 Å². The Bertz CT molecular complexity index is 395. The minimum atomic E-state index is 0.118. The second-order valence-electron chi connectivity index (χ2n) is 4.27. The third-order valence-electron chi connectivity index (χ3n) is 2.79. The van der Waals surface area contributed by atoms with Crippen LogP contribution in [0.1, 0.15) is 0 Å². The lowest BCUT2D eigenvalue weighted by molar-refractivity contribution is -0.0118. The zero-order valence-electron chi connectivity index (χ0n) is 11.4. The van der Waals surface area contributed by atoms with E-state index in [9.17, 15) is 0 Å². The number of aromatic nitrogens is 3. The average Bonchev–Trinajstić information content (AvgIpc) is 2.44. The molecule has 0 bridgehead atoms. The van der Waals surface area contributed by atoms with Gasteiger partial charge in [0.1, 0.15) is 0 Å². The van der Waals surface area contributed by atoms with Crippen molar-refractivity contribution in [3.8, 4) is 12.0 Å². The lowest BCUT2D eigenvalue weighted by Gasteiger charge is -2.30. The van der Waals surface area contributed by atoms with Gasteiger partial charge in [-0.25, -0.2) is 0 Å². The Morgan fingerprint density at radius 2 is 1.95 bits per heavy atom. The number of nitrogens with one attached hydrogen (secondary N) is 1. The summed E-state index contributed by atoms with van der Waals surface area (Å²) in [5.74, 6) is 0.417. The molecule has 2 heterocycles. The fraction of sp³-hybridized carbons (Fsp3) is 0.727. The van der Waals surface area contributed by atoms with E-state index in [1.807, 2.05) is 0 Å². The van der Waals surface area contributed by atoms with Crippen molar-refractivity contribution < 1.29 is 14.2 Å². The molecule has 1 unspecified atom stereocenters. The molecule has 1 aromatic heterocycles. The summed E-state index contributed by atoms with van der Waals surface area (Å²) in [4.78, 5) is 14.4. The van der Waals surface area contributed by atoms with Crippen LogP contribution in [0.15, 0.2) is 0 Å². The molecule has 0 radical (unpaired) electrons. The van der Waals surface area contributed by atoms with E-state index in [0.29, 0.717) is 12.5 Å². The summed E-state index contributed by atoms with van der Waals surface area (Å²) in [7, 11) is 5.07. The van der Waals surface area contributed by atoms with Crippen LogP contribution < -0.4 is 14.8 Å². The van der Waals surface area contributed by atoms with E-state index in [2.05, 4.69) is 32.2 Å². The fourth-order valence-corrected chi connectivity index (χ4v) is 1.80. The Kier molecular flexibility index (Phi) is 4.69. The molecular weight excluding hydrogens is 250 g/mol. The first-order valence-electron chi connectivity index (χ1n) is 6.09. The molecule has 0 aromatic carbocycles. The number of ether oxygens (including phenoxy) is 3. The maximum absolute atomic E-state index is 5.65. The van der Waals surface area contributed by atoms with Gasteiger partial charge in [0, 0.05) is 19.6 Å². The Morgan fingerprint density at radius 3 is 2.53 bits per heavy atom. The highest BCUT2D eigenvalue weighted by atomic mass is 16.5. The van der Waals surface area contributed by atoms with E-state index in [1.54, 1.807) is 0 Å². The first-order chi connectivity index (χ1) is 9.21. The van der Waals surface area contributed by atoms with Gasteiger partial charge in [0.2, 0.25) is 5.95 Å². The molecule has 8 nitrogen and oxygen atoms in total. The van der Waals surface area contributed by atoms with Crippen LogP contribution >= 0.6 is 0 Å². The van der Waals surface area contributed by atoms with Crippen LogP contribution in [0.2, 0.25) is 0 Å². The van der Waals surface area contributed by atoms with Gasteiger partial charge in [0.05, 0.1) is 26.9 Å². The smallest absolute Gasteiger partial charge is 0.324 e. The summed E-state index contributed by atoms with van der Waals surface area (Å²) in [6.45, 7) is 3.21. The second kappa shape index (κ2) is 6.48. The van der Waals surface area contributed by atoms with Crippen LogP contribution in [0, 0.1) is 0 Å².